The van der Waals surface area contributed by atoms with Crippen LogP contribution in [0.3, 0.4) is 0 Å². The molecular formula is C16H25NO2S. The quantitative estimate of drug-likeness (QED) is 0.845. The molecule has 0 bridgehead atoms. The lowest BCUT2D eigenvalue weighted by atomic mass is 10.0. The first kappa shape index (κ1) is 16.9. The zero-order chi connectivity index (χ0) is 15.3. The molecule has 0 aliphatic rings. The van der Waals surface area contributed by atoms with Crippen LogP contribution in [0.1, 0.15) is 27.7 Å². The van der Waals surface area contributed by atoms with Gasteiger partial charge in [0, 0.05) is 11.9 Å². The molecule has 0 unspecified atom stereocenters. The second kappa shape index (κ2) is 7.04. The summed E-state index contributed by atoms with van der Waals surface area (Å²) in [5.74, 6) is 0.0156. The summed E-state index contributed by atoms with van der Waals surface area (Å²) in [6.07, 6.45) is 1.19. The maximum absolute atomic E-state index is 13.4. The number of nitrogens with zero attached hydrogens (tertiary/aromatic N) is 1. The Morgan fingerprint density at radius 1 is 1.25 bits per heavy atom. The maximum atomic E-state index is 13.4. The summed E-state index contributed by atoms with van der Waals surface area (Å²) in [7, 11) is -1.12. The summed E-state index contributed by atoms with van der Waals surface area (Å²) in [5.41, 5.74) is 1.03. The Hall–Kier alpha value is -1.13. The minimum atomic E-state index is -2.69. The van der Waals surface area contributed by atoms with Gasteiger partial charge in [-0.1, -0.05) is 43.7 Å². The number of benzene rings is 1. The molecule has 0 amide bonds. The van der Waals surface area contributed by atoms with E-state index < -0.39 is 21.1 Å². The van der Waals surface area contributed by atoms with Crippen LogP contribution < -0.4 is 0 Å². The fraction of sp³-hybridized carbons (Fsp3) is 0.500. The molecule has 4 heteroatoms. The monoisotopic (exact) mass is 295 g/mol. The standard InChI is InChI=1S/C16H25NO2S/c1-12(2)11-15(16(18)13(3)4)20(19,17-5)14-9-7-6-8-10-14/h6-11,13,15-16,18H,1-5H3/t15-,16-,20+/m1/s1. The first-order chi connectivity index (χ1) is 9.32. The van der Waals surface area contributed by atoms with Gasteiger partial charge in [0.15, 0.2) is 0 Å². The lowest BCUT2D eigenvalue weighted by molar-refractivity contribution is 0.131. The minimum Gasteiger partial charge on any atom is -0.391 e. The van der Waals surface area contributed by atoms with Crippen LogP contribution in [0.4, 0.5) is 0 Å². The van der Waals surface area contributed by atoms with E-state index in [2.05, 4.69) is 4.36 Å². The fourth-order valence-electron chi connectivity index (χ4n) is 2.09. The van der Waals surface area contributed by atoms with E-state index in [1.165, 1.54) is 0 Å². The van der Waals surface area contributed by atoms with Gasteiger partial charge in [-0.25, -0.2) is 8.57 Å². The summed E-state index contributed by atoms with van der Waals surface area (Å²) in [4.78, 5) is 0.671. The summed E-state index contributed by atoms with van der Waals surface area (Å²) in [6, 6.07) is 9.21. The topological polar surface area (TPSA) is 49.7 Å². The SMILES string of the molecule is CN=[S@](=O)(c1ccccc1)[C@H](C=C(C)C)[C@H](O)C(C)C. The van der Waals surface area contributed by atoms with Crippen molar-refractivity contribution in [2.75, 3.05) is 7.05 Å². The third-order valence-corrected chi connectivity index (χ3v) is 5.88. The van der Waals surface area contributed by atoms with Crippen LogP contribution in [0.25, 0.3) is 0 Å². The number of aliphatic hydroxyl groups is 1. The number of hydrogen-bond acceptors (Lipinski definition) is 3. The molecule has 20 heavy (non-hydrogen) atoms. The van der Waals surface area contributed by atoms with Crippen molar-refractivity contribution in [3.63, 3.8) is 0 Å². The summed E-state index contributed by atoms with van der Waals surface area (Å²) >= 11 is 0. The third-order valence-electron chi connectivity index (χ3n) is 3.24. The minimum absolute atomic E-state index is 0.0156. The van der Waals surface area contributed by atoms with Crippen molar-refractivity contribution < 1.29 is 9.32 Å². The van der Waals surface area contributed by atoms with Crippen LogP contribution in [0, 0.1) is 5.92 Å². The Kier molecular flexibility index (Phi) is 5.96. The highest BCUT2D eigenvalue weighted by atomic mass is 32.2. The molecule has 1 aromatic carbocycles. The first-order valence-electron chi connectivity index (χ1n) is 6.85. The van der Waals surface area contributed by atoms with Crippen LogP contribution in [-0.2, 0) is 9.73 Å². The highest BCUT2D eigenvalue weighted by Gasteiger charge is 2.31. The normalized spacial score (nSPS) is 17.1. The van der Waals surface area contributed by atoms with Crippen molar-refractivity contribution in [1.29, 1.82) is 0 Å². The predicted molar refractivity (Wildman–Crippen MR) is 85.3 cm³/mol. The summed E-state index contributed by atoms with van der Waals surface area (Å²) in [5, 5.41) is 9.98. The van der Waals surface area contributed by atoms with Gasteiger partial charge in [0.05, 0.1) is 21.1 Å². The molecule has 0 spiro atoms. The van der Waals surface area contributed by atoms with Crippen molar-refractivity contribution in [3.8, 4) is 0 Å². The molecule has 1 N–H and O–H groups in total. The maximum Gasteiger partial charge on any atom is 0.0918 e. The van der Waals surface area contributed by atoms with Crippen molar-refractivity contribution >= 4 is 9.73 Å². The zero-order valence-corrected chi connectivity index (χ0v) is 13.7. The van der Waals surface area contributed by atoms with E-state index >= 15 is 0 Å². The number of allylic oxidation sites excluding steroid dienone is 1. The van der Waals surface area contributed by atoms with Crippen molar-refractivity contribution in [3.05, 3.63) is 42.0 Å². The van der Waals surface area contributed by atoms with Crippen LogP contribution in [-0.4, -0.2) is 27.7 Å². The molecule has 0 aliphatic carbocycles. The highest BCUT2D eigenvalue weighted by molar-refractivity contribution is 7.94. The van der Waals surface area contributed by atoms with E-state index in [9.17, 15) is 9.32 Å². The van der Waals surface area contributed by atoms with Crippen LogP contribution in [0.2, 0.25) is 0 Å². The van der Waals surface area contributed by atoms with Gasteiger partial charge < -0.3 is 5.11 Å². The zero-order valence-electron chi connectivity index (χ0n) is 12.9. The largest absolute Gasteiger partial charge is 0.391 e. The predicted octanol–water partition coefficient (Wildman–Crippen LogP) is 3.50. The molecule has 1 rings (SSSR count). The highest BCUT2D eigenvalue weighted by Crippen LogP contribution is 2.26. The molecule has 112 valence electrons. The molecule has 0 saturated carbocycles. The second-order valence-electron chi connectivity index (χ2n) is 5.51. The molecule has 0 heterocycles. The van der Waals surface area contributed by atoms with Crippen molar-refractivity contribution in [2.45, 2.75) is 43.9 Å². The number of rotatable bonds is 5. The molecule has 0 radical (unpaired) electrons. The number of aliphatic hydroxyl groups excluding tert-OH is 1. The van der Waals surface area contributed by atoms with E-state index in [1.807, 2.05) is 64.1 Å². The molecule has 0 saturated heterocycles. The van der Waals surface area contributed by atoms with E-state index in [0.717, 1.165) is 5.57 Å². The molecule has 3 nitrogen and oxygen atoms in total. The molecular weight excluding hydrogens is 270 g/mol. The Balaban J connectivity index is 3.44. The van der Waals surface area contributed by atoms with E-state index in [0.29, 0.717) is 4.90 Å². The van der Waals surface area contributed by atoms with Gasteiger partial charge in [-0.3, -0.25) is 0 Å². The number of hydrogen-bond donors (Lipinski definition) is 1. The van der Waals surface area contributed by atoms with Gasteiger partial charge in [0.1, 0.15) is 0 Å². The van der Waals surface area contributed by atoms with E-state index in [1.54, 1.807) is 7.05 Å². The van der Waals surface area contributed by atoms with Gasteiger partial charge in [-0.2, -0.15) is 0 Å². The van der Waals surface area contributed by atoms with E-state index in [4.69, 9.17) is 0 Å². The molecule has 0 aliphatic heterocycles. The Labute approximate surface area is 122 Å². The van der Waals surface area contributed by atoms with Crippen LogP contribution in [0.5, 0.6) is 0 Å². The smallest absolute Gasteiger partial charge is 0.0918 e. The van der Waals surface area contributed by atoms with E-state index in [-0.39, 0.29) is 5.92 Å². The van der Waals surface area contributed by atoms with Gasteiger partial charge in [-0.05, 0) is 31.9 Å². The summed E-state index contributed by atoms with van der Waals surface area (Å²) < 4.78 is 17.5. The molecule has 0 fully saturated rings. The van der Waals surface area contributed by atoms with Gasteiger partial charge in [0.25, 0.3) is 0 Å². The molecule has 0 aromatic heterocycles. The average molecular weight is 295 g/mol. The lowest BCUT2D eigenvalue weighted by Gasteiger charge is -2.27. The average Bonchev–Trinajstić information content (AvgIpc) is 2.43. The van der Waals surface area contributed by atoms with Gasteiger partial charge in [-0.15, -0.1) is 0 Å². The van der Waals surface area contributed by atoms with Gasteiger partial charge in [0.2, 0.25) is 0 Å². The Bertz CT molecular complexity index is 565. The molecule has 3 atom stereocenters. The van der Waals surface area contributed by atoms with Crippen LogP contribution in [0.15, 0.2) is 51.2 Å². The Morgan fingerprint density at radius 2 is 1.80 bits per heavy atom. The van der Waals surface area contributed by atoms with Crippen LogP contribution >= 0.6 is 0 Å². The third kappa shape index (κ3) is 3.70. The van der Waals surface area contributed by atoms with Gasteiger partial charge >= 0.3 is 0 Å². The Morgan fingerprint density at radius 3 is 2.20 bits per heavy atom. The summed E-state index contributed by atoms with van der Waals surface area (Å²) in [6.45, 7) is 7.75. The fourth-order valence-corrected chi connectivity index (χ4v) is 4.55. The first-order valence-corrected chi connectivity index (χ1v) is 8.43. The second-order valence-corrected chi connectivity index (χ2v) is 8.03. The molecule has 1 aromatic rings. The van der Waals surface area contributed by atoms with Crippen molar-refractivity contribution in [1.82, 2.24) is 0 Å². The lowest BCUT2D eigenvalue weighted by Crippen LogP contribution is -2.36. The van der Waals surface area contributed by atoms with Crippen molar-refractivity contribution in [2.24, 2.45) is 10.3 Å².